The smallest absolute Gasteiger partial charge is 0.165 e. The number of rotatable bonds is 20. The minimum atomic E-state index is -1.38. The van der Waals surface area contributed by atoms with Gasteiger partial charge in [0.15, 0.2) is 16.4 Å². The number of ether oxygens (including phenoxy) is 6. The zero-order valence-corrected chi connectivity index (χ0v) is 30.7. The predicted octanol–water partition coefficient (Wildman–Crippen LogP) is 8.44. The summed E-state index contributed by atoms with van der Waals surface area (Å²) in [6.07, 6.45) is 7.26. The van der Waals surface area contributed by atoms with Gasteiger partial charge in [0.05, 0.1) is 11.9 Å². The SMILES string of the molecule is CCCCOC[C@H]1SC(O)(c2ccc(Br)c(Cc3ccc4c(c3)OCCO4)c2)[C@H](OCCCC)[C@@H](OCCCC)[C@@H]1OCCCC. The molecule has 1 saturated heterocycles. The first-order chi connectivity index (χ1) is 22.4. The van der Waals surface area contributed by atoms with Crippen molar-refractivity contribution in [1.29, 1.82) is 0 Å². The van der Waals surface area contributed by atoms with Gasteiger partial charge in [-0.1, -0.05) is 87.5 Å². The Morgan fingerprint density at radius 2 is 1.41 bits per heavy atom. The van der Waals surface area contributed by atoms with E-state index in [4.69, 9.17) is 28.4 Å². The van der Waals surface area contributed by atoms with E-state index in [1.54, 1.807) is 0 Å². The second-order valence-corrected chi connectivity index (χ2v) is 14.6. The van der Waals surface area contributed by atoms with Crippen molar-refractivity contribution in [2.45, 2.75) is 114 Å². The minimum Gasteiger partial charge on any atom is -0.486 e. The van der Waals surface area contributed by atoms with Gasteiger partial charge in [-0.2, -0.15) is 0 Å². The van der Waals surface area contributed by atoms with Crippen LogP contribution in [-0.4, -0.2) is 74.9 Å². The molecule has 2 heterocycles. The molecule has 0 radical (unpaired) electrons. The third kappa shape index (κ3) is 10.1. The number of aliphatic hydroxyl groups is 1. The second kappa shape index (κ2) is 19.6. The quantitative estimate of drug-likeness (QED) is 0.137. The van der Waals surface area contributed by atoms with Crippen molar-refractivity contribution in [3.63, 3.8) is 0 Å². The van der Waals surface area contributed by atoms with Crippen LogP contribution in [0.1, 0.15) is 95.8 Å². The summed E-state index contributed by atoms with van der Waals surface area (Å²) < 4.78 is 38.7. The van der Waals surface area contributed by atoms with E-state index in [1.807, 2.05) is 24.3 Å². The van der Waals surface area contributed by atoms with Gasteiger partial charge in [0.2, 0.25) is 0 Å². The highest BCUT2D eigenvalue weighted by Crippen LogP contribution is 2.50. The molecule has 0 bridgehead atoms. The van der Waals surface area contributed by atoms with Gasteiger partial charge in [-0.3, -0.25) is 0 Å². The fraction of sp³-hybridized carbons (Fsp3) is 0.676. The molecule has 1 unspecified atom stereocenters. The predicted molar refractivity (Wildman–Crippen MR) is 189 cm³/mol. The molecule has 4 rings (SSSR count). The van der Waals surface area contributed by atoms with Gasteiger partial charge in [0.1, 0.15) is 31.5 Å². The Balaban J connectivity index is 1.71. The van der Waals surface area contributed by atoms with Crippen molar-refractivity contribution < 1.29 is 33.5 Å². The van der Waals surface area contributed by atoms with Crippen LogP contribution in [0.3, 0.4) is 0 Å². The van der Waals surface area contributed by atoms with Gasteiger partial charge < -0.3 is 33.5 Å². The lowest BCUT2D eigenvalue weighted by Crippen LogP contribution is -2.61. The fourth-order valence-electron chi connectivity index (χ4n) is 5.80. The molecule has 2 aliphatic rings. The lowest BCUT2D eigenvalue weighted by atomic mass is 9.91. The van der Waals surface area contributed by atoms with Crippen molar-refractivity contribution in [2.75, 3.05) is 46.2 Å². The number of halogens is 1. The monoisotopic (exact) mass is 722 g/mol. The van der Waals surface area contributed by atoms with Crippen LogP contribution in [0.2, 0.25) is 0 Å². The summed E-state index contributed by atoms with van der Waals surface area (Å²) in [6.45, 7) is 12.7. The highest BCUT2D eigenvalue weighted by atomic mass is 79.9. The van der Waals surface area contributed by atoms with Gasteiger partial charge in [-0.15, -0.1) is 11.8 Å². The zero-order chi connectivity index (χ0) is 32.8. The third-order valence-electron chi connectivity index (χ3n) is 8.50. The molecule has 46 heavy (non-hydrogen) atoms. The highest BCUT2D eigenvalue weighted by molar-refractivity contribution is 9.10. The summed E-state index contributed by atoms with van der Waals surface area (Å²) >= 11 is 5.30. The molecule has 2 aliphatic heterocycles. The first-order valence-electron chi connectivity index (χ1n) is 17.4. The Kier molecular flexibility index (Phi) is 16.0. The molecule has 0 aromatic heterocycles. The molecule has 9 heteroatoms. The fourth-order valence-corrected chi connectivity index (χ4v) is 7.78. The summed E-state index contributed by atoms with van der Waals surface area (Å²) in [4.78, 5) is -1.38. The molecule has 2 aromatic carbocycles. The Morgan fingerprint density at radius 3 is 2.11 bits per heavy atom. The summed E-state index contributed by atoms with van der Waals surface area (Å²) in [5.41, 5.74) is 2.97. The third-order valence-corrected chi connectivity index (χ3v) is 10.8. The molecule has 0 saturated carbocycles. The van der Waals surface area contributed by atoms with E-state index >= 15 is 0 Å². The Hall–Kier alpha value is -1.33. The molecular weight excluding hydrogens is 668 g/mol. The van der Waals surface area contributed by atoms with E-state index in [0.29, 0.717) is 52.7 Å². The summed E-state index contributed by atoms with van der Waals surface area (Å²) in [6, 6.07) is 12.3. The van der Waals surface area contributed by atoms with Crippen molar-refractivity contribution in [2.24, 2.45) is 0 Å². The van der Waals surface area contributed by atoms with Gasteiger partial charge in [0.25, 0.3) is 0 Å². The van der Waals surface area contributed by atoms with E-state index in [1.165, 1.54) is 11.8 Å². The van der Waals surface area contributed by atoms with Crippen LogP contribution in [0.15, 0.2) is 40.9 Å². The summed E-state index contributed by atoms with van der Waals surface area (Å²) in [5, 5.41) is 12.8. The summed E-state index contributed by atoms with van der Waals surface area (Å²) in [5.74, 6) is 1.55. The van der Waals surface area contributed by atoms with Crippen molar-refractivity contribution in [1.82, 2.24) is 0 Å². The lowest BCUT2D eigenvalue weighted by Gasteiger charge is -2.50. The maximum atomic E-state index is 12.9. The molecule has 0 amide bonds. The van der Waals surface area contributed by atoms with E-state index in [-0.39, 0.29) is 11.4 Å². The van der Waals surface area contributed by atoms with E-state index < -0.39 is 17.1 Å². The van der Waals surface area contributed by atoms with Crippen LogP contribution in [0.25, 0.3) is 0 Å². The van der Waals surface area contributed by atoms with Gasteiger partial charge >= 0.3 is 0 Å². The van der Waals surface area contributed by atoms with Crippen molar-refractivity contribution in [3.8, 4) is 11.5 Å². The maximum Gasteiger partial charge on any atom is 0.165 e. The van der Waals surface area contributed by atoms with E-state index in [2.05, 4.69) is 55.8 Å². The van der Waals surface area contributed by atoms with Crippen molar-refractivity contribution >= 4 is 27.7 Å². The van der Waals surface area contributed by atoms with Gasteiger partial charge in [-0.05, 0) is 67.0 Å². The number of hydrogen-bond donors (Lipinski definition) is 1. The Morgan fingerprint density at radius 1 is 0.783 bits per heavy atom. The standard InChI is InChI=1S/C37H55BrO7S/c1-5-9-17-40-26-33-34(43-18-10-6-2)35(44-19-11-7-3)36(45-20-12-8-4)37(39,46-33)29-14-15-30(38)28(25-29)23-27-13-16-31-32(24-27)42-22-21-41-31/h13-16,24-25,33-36,39H,5-12,17-23,26H2,1-4H3/t33-,34-,35+,36-,37?/m1/s1. The molecular formula is C37H55BrO7S. The van der Waals surface area contributed by atoms with E-state index in [0.717, 1.165) is 84.0 Å². The average molecular weight is 724 g/mol. The largest absolute Gasteiger partial charge is 0.486 e. The second-order valence-electron chi connectivity index (χ2n) is 12.3. The number of unbranched alkanes of at least 4 members (excludes halogenated alkanes) is 4. The maximum absolute atomic E-state index is 12.9. The molecule has 2 aromatic rings. The highest BCUT2D eigenvalue weighted by Gasteiger charge is 2.56. The summed E-state index contributed by atoms with van der Waals surface area (Å²) in [7, 11) is 0. The first-order valence-corrected chi connectivity index (χ1v) is 19.1. The minimum absolute atomic E-state index is 0.138. The number of fused-ring (bicyclic) bond motifs is 1. The molecule has 258 valence electrons. The molecule has 5 atom stereocenters. The van der Waals surface area contributed by atoms with Crippen LogP contribution in [-0.2, 0) is 30.3 Å². The van der Waals surface area contributed by atoms with Crippen LogP contribution in [0, 0.1) is 0 Å². The van der Waals surface area contributed by atoms with Crippen LogP contribution in [0.4, 0.5) is 0 Å². The Labute approximate surface area is 289 Å². The molecule has 0 spiro atoms. The van der Waals surface area contributed by atoms with E-state index in [9.17, 15) is 5.11 Å². The number of hydrogen-bond acceptors (Lipinski definition) is 8. The van der Waals surface area contributed by atoms with Gasteiger partial charge in [-0.25, -0.2) is 0 Å². The average Bonchev–Trinajstić information content (AvgIpc) is 3.06. The topological polar surface area (TPSA) is 75.6 Å². The zero-order valence-electron chi connectivity index (χ0n) is 28.3. The number of thioether (sulfide) groups is 1. The van der Waals surface area contributed by atoms with Crippen LogP contribution >= 0.6 is 27.7 Å². The molecule has 1 N–H and O–H groups in total. The molecule has 1 fully saturated rings. The van der Waals surface area contributed by atoms with Crippen LogP contribution in [0.5, 0.6) is 11.5 Å². The molecule has 7 nitrogen and oxygen atoms in total. The van der Waals surface area contributed by atoms with Gasteiger partial charge in [0, 0.05) is 30.9 Å². The normalized spacial score (nSPS) is 24.3. The lowest BCUT2D eigenvalue weighted by molar-refractivity contribution is -0.190. The number of benzene rings is 2. The first kappa shape index (κ1) is 37.5. The Bertz CT molecular complexity index is 1180. The molecule has 0 aliphatic carbocycles. The van der Waals surface area contributed by atoms with Crippen LogP contribution < -0.4 is 9.47 Å². The van der Waals surface area contributed by atoms with Crippen molar-refractivity contribution in [3.05, 3.63) is 57.6 Å².